The van der Waals surface area contributed by atoms with E-state index in [0.29, 0.717) is 5.56 Å². The lowest BCUT2D eigenvalue weighted by molar-refractivity contribution is -0.386. The normalized spacial score (nSPS) is 26.2. The third-order valence-corrected chi connectivity index (χ3v) is 2.80. The molecule has 0 aromatic heterocycles. The van der Waals surface area contributed by atoms with Gasteiger partial charge in [-0.3, -0.25) is 10.1 Å². The van der Waals surface area contributed by atoms with Crippen LogP contribution >= 0.6 is 0 Å². The van der Waals surface area contributed by atoms with E-state index in [0.717, 1.165) is 0 Å². The van der Waals surface area contributed by atoms with E-state index in [-0.39, 0.29) is 12.3 Å². The zero-order chi connectivity index (χ0) is 13.3. The van der Waals surface area contributed by atoms with Crippen LogP contribution in [0.4, 0.5) is 5.69 Å². The minimum atomic E-state index is -0.859. The van der Waals surface area contributed by atoms with E-state index in [1.807, 2.05) is 0 Å². The van der Waals surface area contributed by atoms with Crippen LogP contribution in [-0.2, 0) is 9.47 Å². The number of ether oxygens (including phenoxy) is 2. The van der Waals surface area contributed by atoms with Crippen molar-refractivity contribution in [2.75, 3.05) is 6.61 Å². The first-order valence-electron chi connectivity index (χ1n) is 5.64. The standard InChI is InChI=1S/C12H15NO5/c1-12(2)17-10(7-14)11(18-12)8-5-3-4-6-9(8)13(15)16/h3-6,10-11,14H,7H2,1-2H3/t10-,11-/m1/s1. The summed E-state index contributed by atoms with van der Waals surface area (Å²) in [5.74, 6) is -0.859. The molecule has 1 heterocycles. The van der Waals surface area contributed by atoms with E-state index < -0.39 is 22.9 Å². The van der Waals surface area contributed by atoms with Crippen molar-refractivity contribution in [3.8, 4) is 0 Å². The number of hydrogen-bond acceptors (Lipinski definition) is 5. The first-order chi connectivity index (χ1) is 8.44. The Bertz CT molecular complexity index is 460. The molecule has 2 rings (SSSR count). The van der Waals surface area contributed by atoms with Crippen LogP contribution in [0, 0.1) is 10.1 Å². The summed E-state index contributed by atoms with van der Waals surface area (Å²) in [6.07, 6.45) is -1.23. The summed E-state index contributed by atoms with van der Waals surface area (Å²) in [4.78, 5) is 10.5. The molecule has 1 aromatic carbocycles. The van der Waals surface area contributed by atoms with Crippen LogP contribution in [0.15, 0.2) is 24.3 Å². The highest BCUT2D eigenvalue weighted by Gasteiger charge is 2.43. The van der Waals surface area contributed by atoms with Crippen LogP contribution in [0.5, 0.6) is 0 Å². The van der Waals surface area contributed by atoms with Gasteiger partial charge in [-0.1, -0.05) is 12.1 Å². The number of hydrogen-bond donors (Lipinski definition) is 1. The molecule has 1 aromatic rings. The van der Waals surface area contributed by atoms with Crippen molar-refractivity contribution in [2.45, 2.75) is 31.8 Å². The number of para-hydroxylation sites is 1. The third kappa shape index (κ3) is 2.35. The Labute approximate surface area is 104 Å². The molecule has 0 radical (unpaired) electrons. The average molecular weight is 253 g/mol. The van der Waals surface area contributed by atoms with Gasteiger partial charge in [0.25, 0.3) is 5.69 Å². The molecule has 18 heavy (non-hydrogen) atoms. The van der Waals surface area contributed by atoms with Crippen molar-refractivity contribution in [3.05, 3.63) is 39.9 Å². The van der Waals surface area contributed by atoms with Gasteiger partial charge >= 0.3 is 0 Å². The first-order valence-corrected chi connectivity index (χ1v) is 5.64. The Morgan fingerprint density at radius 1 is 1.39 bits per heavy atom. The van der Waals surface area contributed by atoms with E-state index in [1.165, 1.54) is 6.07 Å². The molecule has 1 N–H and O–H groups in total. The number of benzene rings is 1. The maximum Gasteiger partial charge on any atom is 0.275 e. The third-order valence-electron chi connectivity index (χ3n) is 2.80. The lowest BCUT2D eigenvalue weighted by Crippen LogP contribution is -2.23. The number of nitrogens with zero attached hydrogens (tertiary/aromatic N) is 1. The summed E-state index contributed by atoms with van der Waals surface area (Å²) in [5.41, 5.74) is 0.398. The zero-order valence-corrected chi connectivity index (χ0v) is 10.2. The second-order valence-electron chi connectivity index (χ2n) is 4.59. The molecule has 1 fully saturated rings. The Morgan fingerprint density at radius 2 is 2.06 bits per heavy atom. The number of nitro groups is 1. The van der Waals surface area contributed by atoms with E-state index in [2.05, 4.69) is 0 Å². The largest absolute Gasteiger partial charge is 0.394 e. The number of rotatable bonds is 3. The molecule has 0 amide bonds. The zero-order valence-electron chi connectivity index (χ0n) is 10.2. The molecule has 0 saturated carbocycles. The van der Waals surface area contributed by atoms with Crippen LogP contribution < -0.4 is 0 Å². The van der Waals surface area contributed by atoms with E-state index >= 15 is 0 Å². The lowest BCUT2D eigenvalue weighted by atomic mass is 10.0. The van der Waals surface area contributed by atoms with Gasteiger partial charge in [-0.05, 0) is 19.9 Å². The van der Waals surface area contributed by atoms with Crippen LogP contribution in [0.2, 0.25) is 0 Å². The number of aliphatic hydroxyl groups excluding tert-OH is 1. The summed E-state index contributed by atoms with van der Waals surface area (Å²) in [6.45, 7) is 3.18. The summed E-state index contributed by atoms with van der Waals surface area (Å²) < 4.78 is 11.1. The lowest BCUT2D eigenvalue weighted by Gasteiger charge is -2.16. The van der Waals surface area contributed by atoms with Crippen molar-refractivity contribution in [1.29, 1.82) is 0 Å². The predicted octanol–water partition coefficient (Wildman–Crippen LogP) is 1.78. The average Bonchev–Trinajstić information content (AvgIpc) is 2.64. The van der Waals surface area contributed by atoms with Gasteiger partial charge in [-0.2, -0.15) is 0 Å². The Morgan fingerprint density at radius 3 is 2.67 bits per heavy atom. The van der Waals surface area contributed by atoms with Gasteiger partial charge in [0.1, 0.15) is 12.2 Å². The highest BCUT2D eigenvalue weighted by molar-refractivity contribution is 5.42. The van der Waals surface area contributed by atoms with Crippen LogP contribution in [-0.4, -0.2) is 28.5 Å². The summed E-state index contributed by atoms with van der Waals surface area (Å²) in [5, 5.41) is 20.3. The van der Waals surface area contributed by atoms with E-state index in [4.69, 9.17) is 9.47 Å². The van der Waals surface area contributed by atoms with Gasteiger partial charge in [-0.15, -0.1) is 0 Å². The van der Waals surface area contributed by atoms with Crippen molar-refractivity contribution in [3.63, 3.8) is 0 Å². The van der Waals surface area contributed by atoms with Gasteiger partial charge in [0.2, 0.25) is 0 Å². The molecule has 6 heteroatoms. The minimum Gasteiger partial charge on any atom is -0.394 e. The number of nitro benzene ring substituents is 1. The fourth-order valence-electron chi connectivity index (χ4n) is 2.13. The molecule has 0 bridgehead atoms. The minimum absolute atomic E-state index is 0.0257. The van der Waals surface area contributed by atoms with Crippen molar-refractivity contribution >= 4 is 5.69 Å². The number of aliphatic hydroxyl groups is 1. The highest BCUT2D eigenvalue weighted by Crippen LogP contribution is 2.40. The monoisotopic (exact) mass is 253 g/mol. The van der Waals surface area contributed by atoms with Gasteiger partial charge in [0.05, 0.1) is 17.1 Å². The second-order valence-corrected chi connectivity index (χ2v) is 4.59. The Hall–Kier alpha value is -1.50. The molecule has 98 valence electrons. The molecular formula is C12H15NO5. The fourth-order valence-corrected chi connectivity index (χ4v) is 2.13. The smallest absolute Gasteiger partial charge is 0.275 e. The van der Waals surface area contributed by atoms with Crippen molar-refractivity contribution in [2.24, 2.45) is 0 Å². The molecule has 6 nitrogen and oxygen atoms in total. The molecule has 0 aliphatic carbocycles. The molecule has 0 unspecified atom stereocenters. The maximum atomic E-state index is 11.0. The molecular weight excluding hydrogens is 238 g/mol. The fraction of sp³-hybridized carbons (Fsp3) is 0.500. The molecule has 0 spiro atoms. The highest BCUT2D eigenvalue weighted by atomic mass is 16.8. The van der Waals surface area contributed by atoms with Gasteiger partial charge in [0, 0.05) is 6.07 Å². The molecule has 1 aliphatic heterocycles. The maximum absolute atomic E-state index is 11.0. The predicted molar refractivity (Wildman–Crippen MR) is 63.0 cm³/mol. The van der Waals surface area contributed by atoms with Crippen LogP contribution in [0.25, 0.3) is 0 Å². The Balaban J connectivity index is 2.39. The SMILES string of the molecule is CC1(C)O[C@H](c2ccccc2[N+](=O)[O-])[C@@H](CO)O1. The van der Waals surface area contributed by atoms with E-state index in [1.54, 1.807) is 32.0 Å². The topological polar surface area (TPSA) is 81.8 Å². The van der Waals surface area contributed by atoms with Crippen molar-refractivity contribution < 1.29 is 19.5 Å². The summed E-state index contributed by atoms with van der Waals surface area (Å²) >= 11 is 0. The molecule has 1 aliphatic rings. The van der Waals surface area contributed by atoms with Gasteiger partial charge in [0.15, 0.2) is 5.79 Å². The quantitative estimate of drug-likeness (QED) is 0.655. The second kappa shape index (κ2) is 4.64. The van der Waals surface area contributed by atoms with Crippen LogP contribution in [0.3, 0.4) is 0 Å². The van der Waals surface area contributed by atoms with Gasteiger partial charge < -0.3 is 14.6 Å². The summed E-state index contributed by atoms with van der Waals surface area (Å²) in [6, 6.07) is 6.33. The molecule has 2 atom stereocenters. The molecule has 1 saturated heterocycles. The Kier molecular flexibility index (Phi) is 3.34. The van der Waals surface area contributed by atoms with Crippen LogP contribution in [0.1, 0.15) is 25.5 Å². The summed E-state index contributed by atoms with van der Waals surface area (Å²) in [7, 11) is 0. The van der Waals surface area contributed by atoms with E-state index in [9.17, 15) is 15.2 Å². The first kappa shape index (κ1) is 12.9. The van der Waals surface area contributed by atoms with Crippen molar-refractivity contribution in [1.82, 2.24) is 0 Å². The van der Waals surface area contributed by atoms with Gasteiger partial charge in [-0.25, -0.2) is 0 Å².